The summed E-state index contributed by atoms with van der Waals surface area (Å²) >= 11 is 1.62. The first kappa shape index (κ1) is 20.7. The number of hydrogen-bond acceptors (Lipinski definition) is 5. The first-order valence-corrected chi connectivity index (χ1v) is 12.3. The summed E-state index contributed by atoms with van der Waals surface area (Å²) in [6.07, 6.45) is 3.47. The second-order valence-corrected chi connectivity index (χ2v) is 9.88. The first-order valence-electron chi connectivity index (χ1n) is 9.89. The number of nitrogens with zero attached hydrogens (tertiary/aromatic N) is 2. The van der Waals surface area contributed by atoms with Gasteiger partial charge in [0.25, 0.3) is 0 Å². The zero-order chi connectivity index (χ0) is 21.0. The van der Waals surface area contributed by atoms with Crippen LogP contribution in [0.4, 0.5) is 0 Å². The molecule has 1 aromatic heterocycles. The number of para-hydroxylation sites is 1. The Morgan fingerprint density at radius 2 is 1.93 bits per heavy atom. The number of carbonyl (C=O) groups excluding carboxylic acids is 1. The summed E-state index contributed by atoms with van der Waals surface area (Å²) in [6.45, 7) is 0.753. The highest BCUT2D eigenvalue weighted by Gasteiger charge is 2.31. The second kappa shape index (κ2) is 9.07. The lowest BCUT2D eigenvalue weighted by atomic mass is 10.2. The number of fused-ring (bicyclic) bond motifs is 1. The van der Waals surface area contributed by atoms with Crippen molar-refractivity contribution < 1.29 is 13.2 Å². The first-order chi connectivity index (χ1) is 14.5. The lowest BCUT2D eigenvalue weighted by molar-refractivity contribution is -0.131. The van der Waals surface area contributed by atoms with E-state index in [9.17, 15) is 13.2 Å². The van der Waals surface area contributed by atoms with Crippen molar-refractivity contribution in [1.29, 1.82) is 0 Å². The fourth-order valence-electron chi connectivity index (χ4n) is 3.58. The van der Waals surface area contributed by atoms with E-state index in [1.165, 1.54) is 6.08 Å². The van der Waals surface area contributed by atoms with Crippen molar-refractivity contribution in [3.8, 4) is 0 Å². The van der Waals surface area contributed by atoms with Crippen LogP contribution >= 0.6 is 11.3 Å². The number of aromatic nitrogens is 1. The van der Waals surface area contributed by atoms with E-state index < -0.39 is 10.0 Å². The Hall–Kier alpha value is -2.55. The minimum atomic E-state index is -3.59. The maximum Gasteiger partial charge on any atom is 0.233 e. The van der Waals surface area contributed by atoms with Crippen molar-refractivity contribution >= 4 is 43.6 Å². The molecule has 4 rings (SSSR count). The summed E-state index contributed by atoms with van der Waals surface area (Å²) in [5, 5.41) is 2.08. The van der Waals surface area contributed by atoms with Crippen LogP contribution in [-0.2, 0) is 14.8 Å². The second-order valence-electron chi connectivity index (χ2n) is 7.17. The summed E-state index contributed by atoms with van der Waals surface area (Å²) in [7, 11) is -3.59. The van der Waals surface area contributed by atoms with Crippen molar-refractivity contribution in [2.75, 3.05) is 13.1 Å². The van der Waals surface area contributed by atoms with Crippen LogP contribution in [-0.4, -0.2) is 37.3 Å². The molecule has 0 bridgehead atoms. The number of likely N-dealkylation sites (tertiary alicyclic amines) is 1. The molecule has 0 saturated carbocycles. The minimum Gasteiger partial charge on any atom is -0.333 e. The van der Waals surface area contributed by atoms with E-state index in [1.807, 2.05) is 59.5 Å². The van der Waals surface area contributed by atoms with Gasteiger partial charge in [-0.15, -0.1) is 11.3 Å². The molecule has 1 amide bonds. The monoisotopic (exact) mass is 441 g/mol. The topological polar surface area (TPSA) is 79.4 Å². The maximum absolute atomic E-state index is 12.8. The summed E-state index contributed by atoms with van der Waals surface area (Å²) in [5.41, 5.74) is 1.75. The normalized spacial score (nSPS) is 17.2. The van der Waals surface area contributed by atoms with Gasteiger partial charge in [-0.25, -0.2) is 18.1 Å². The lowest BCUT2D eigenvalue weighted by Crippen LogP contribution is -2.33. The number of benzene rings is 2. The Morgan fingerprint density at radius 3 is 2.73 bits per heavy atom. The van der Waals surface area contributed by atoms with E-state index in [1.54, 1.807) is 11.3 Å². The zero-order valence-corrected chi connectivity index (χ0v) is 18.0. The summed E-state index contributed by atoms with van der Waals surface area (Å²) in [4.78, 5) is 19.3. The molecule has 1 N–H and O–H groups in total. The number of carbonyl (C=O) groups is 1. The van der Waals surface area contributed by atoms with Crippen LogP contribution in [0.25, 0.3) is 16.3 Å². The lowest BCUT2D eigenvalue weighted by Gasteiger charge is -2.23. The molecule has 0 radical (unpaired) electrons. The molecule has 1 fully saturated rings. The molecule has 0 aliphatic carbocycles. The third-order valence-corrected chi connectivity index (χ3v) is 7.29. The molecule has 0 spiro atoms. The van der Waals surface area contributed by atoms with Crippen LogP contribution in [0.5, 0.6) is 0 Å². The van der Waals surface area contributed by atoms with Crippen LogP contribution in [0, 0.1) is 0 Å². The van der Waals surface area contributed by atoms with Gasteiger partial charge in [0, 0.05) is 24.9 Å². The van der Waals surface area contributed by atoms with Gasteiger partial charge < -0.3 is 4.90 Å². The molecule has 1 aliphatic rings. The van der Waals surface area contributed by atoms with Crippen LogP contribution in [0.15, 0.2) is 60.0 Å². The molecule has 1 saturated heterocycles. The number of hydrogen-bond donors (Lipinski definition) is 1. The Bertz CT molecular complexity index is 1120. The maximum atomic E-state index is 12.8. The van der Waals surface area contributed by atoms with E-state index >= 15 is 0 Å². The van der Waals surface area contributed by atoms with Gasteiger partial charge in [-0.2, -0.15) is 0 Å². The largest absolute Gasteiger partial charge is 0.333 e. The number of thiazole rings is 1. The van der Waals surface area contributed by atoms with Gasteiger partial charge in [0.15, 0.2) is 0 Å². The van der Waals surface area contributed by atoms with Crippen LogP contribution in [0.3, 0.4) is 0 Å². The highest BCUT2D eigenvalue weighted by atomic mass is 32.2. The third-order valence-electron chi connectivity index (χ3n) is 5.05. The molecular weight excluding hydrogens is 418 g/mol. The number of rotatable bonds is 7. The molecule has 30 heavy (non-hydrogen) atoms. The van der Waals surface area contributed by atoms with Crippen LogP contribution in [0.1, 0.15) is 35.9 Å². The number of amides is 1. The molecule has 156 valence electrons. The van der Waals surface area contributed by atoms with Crippen LogP contribution in [0.2, 0.25) is 0 Å². The van der Waals surface area contributed by atoms with Crippen molar-refractivity contribution in [3.05, 3.63) is 70.6 Å². The van der Waals surface area contributed by atoms with E-state index in [2.05, 4.69) is 4.72 Å². The number of nitrogens with one attached hydrogen (secondary N) is 1. The summed E-state index contributed by atoms with van der Waals surface area (Å²) in [6, 6.07) is 17.1. The molecular formula is C22H23N3O3S2. The fourth-order valence-corrected chi connectivity index (χ4v) is 5.51. The minimum absolute atomic E-state index is 0.0236. The van der Waals surface area contributed by atoms with Gasteiger partial charge in [-0.3, -0.25) is 4.79 Å². The Balaban J connectivity index is 1.34. The molecule has 3 aromatic rings. The van der Waals surface area contributed by atoms with Gasteiger partial charge in [-0.05, 0) is 36.6 Å². The van der Waals surface area contributed by atoms with Crippen molar-refractivity contribution in [2.45, 2.75) is 25.3 Å². The van der Waals surface area contributed by atoms with E-state index in [4.69, 9.17) is 4.98 Å². The van der Waals surface area contributed by atoms with Gasteiger partial charge in [0.2, 0.25) is 15.9 Å². The van der Waals surface area contributed by atoms with Crippen molar-refractivity contribution in [3.63, 3.8) is 0 Å². The highest BCUT2D eigenvalue weighted by Crippen LogP contribution is 2.36. The van der Waals surface area contributed by atoms with Gasteiger partial charge in [0.1, 0.15) is 5.01 Å². The number of sulfonamides is 1. The molecule has 2 aromatic carbocycles. The molecule has 1 unspecified atom stereocenters. The Kier molecular flexibility index (Phi) is 6.26. The highest BCUT2D eigenvalue weighted by molar-refractivity contribution is 7.92. The van der Waals surface area contributed by atoms with E-state index in [0.29, 0.717) is 6.54 Å². The molecule has 2 heterocycles. The van der Waals surface area contributed by atoms with Gasteiger partial charge in [-0.1, -0.05) is 42.5 Å². The molecule has 8 heteroatoms. The SMILES string of the molecule is O=C(CCNS(=O)(=O)/C=C/c1ccccc1)N1CCCC1c1nc2ccccc2s1. The molecule has 1 aliphatic heterocycles. The zero-order valence-electron chi connectivity index (χ0n) is 16.4. The van der Waals surface area contributed by atoms with Gasteiger partial charge in [0.05, 0.1) is 16.3 Å². The van der Waals surface area contributed by atoms with Gasteiger partial charge >= 0.3 is 0 Å². The fraction of sp³-hybridized carbons (Fsp3) is 0.273. The molecule has 1 atom stereocenters. The van der Waals surface area contributed by atoms with Crippen molar-refractivity contribution in [2.24, 2.45) is 0 Å². The van der Waals surface area contributed by atoms with E-state index in [0.717, 1.165) is 39.0 Å². The quantitative estimate of drug-likeness (QED) is 0.602. The summed E-state index contributed by atoms with van der Waals surface area (Å²) < 4.78 is 27.9. The Labute approximate surface area is 180 Å². The smallest absolute Gasteiger partial charge is 0.233 e. The van der Waals surface area contributed by atoms with Crippen LogP contribution < -0.4 is 4.72 Å². The average molecular weight is 442 g/mol. The third kappa shape index (κ3) is 4.95. The van der Waals surface area contributed by atoms with Crippen molar-refractivity contribution in [1.82, 2.24) is 14.6 Å². The summed E-state index contributed by atoms with van der Waals surface area (Å²) in [5.74, 6) is -0.0495. The predicted octanol–water partition coefficient (Wildman–Crippen LogP) is 3.94. The Morgan fingerprint density at radius 1 is 1.17 bits per heavy atom. The molecule has 6 nitrogen and oxygen atoms in total. The average Bonchev–Trinajstić information content (AvgIpc) is 3.39. The van der Waals surface area contributed by atoms with E-state index in [-0.39, 0.29) is 24.9 Å². The standard InChI is InChI=1S/C22H23N3O3S2/c26-21(12-14-23-30(27,28)16-13-17-7-2-1-3-8-17)25-15-6-10-19(25)22-24-18-9-4-5-11-20(18)29-22/h1-5,7-9,11,13,16,19,23H,6,10,12,14-15H2/b16-13+. The predicted molar refractivity (Wildman–Crippen MR) is 120 cm³/mol.